The third-order valence-electron chi connectivity index (χ3n) is 9.13. The summed E-state index contributed by atoms with van der Waals surface area (Å²) in [5.74, 6) is -0.819. The number of halogens is 1. The third kappa shape index (κ3) is 4.53. The summed E-state index contributed by atoms with van der Waals surface area (Å²) in [7, 11) is -2.96. The maximum atomic E-state index is 14.5. The third-order valence-corrected chi connectivity index (χ3v) is 11.9. The van der Waals surface area contributed by atoms with E-state index in [-0.39, 0.29) is 30.9 Å². The van der Waals surface area contributed by atoms with Crippen LogP contribution in [0.3, 0.4) is 0 Å². The van der Waals surface area contributed by atoms with E-state index in [2.05, 4.69) is 0 Å². The summed E-state index contributed by atoms with van der Waals surface area (Å²) in [6.45, 7) is 5.89. The first-order valence-electron chi connectivity index (χ1n) is 14.1. The number of aliphatic hydroxyl groups excluding tert-OH is 1. The number of hydrogen-bond donors (Lipinski definition) is 2. The number of aliphatic hydroxyl groups is 1. The lowest BCUT2D eigenvalue weighted by molar-refractivity contribution is -0.150. The van der Waals surface area contributed by atoms with Crippen molar-refractivity contribution in [3.8, 4) is 0 Å². The zero-order chi connectivity index (χ0) is 29.1. The largest absolute Gasteiger partial charge is 0.432 e. The number of carbonyl (C=O) groups is 2. The van der Waals surface area contributed by atoms with Crippen LogP contribution in [0.15, 0.2) is 72.8 Å². The molecule has 2 N–H and O–H groups in total. The van der Waals surface area contributed by atoms with Crippen LogP contribution in [0.5, 0.6) is 0 Å². The molecule has 1 fully saturated rings. The highest BCUT2D eigenvalue weighted by atomic mass is 35.5. The SMILES string of the molecule is C[C@H]1[C@H]([Si](C)(C)O)[C@@H](CC(=O)N2Cc3ccccc3C[C@H]2CO)O[C@]12C(=O)N(c1ccccc1)c1ccc(Cl)cc12. The second-order valence-corrected chi connectivity index (χ2v) is 16.4. The van der Waals surface area contributed by atoms with Gasteiger partial charge in [-0.3, -0.25) is 14.5 Å². The molecule has 3 aliphatic heterocycles. The van der Waals surface area contributed by atoms with Crippen molar-refractivity contribution in [1.29, 1.82) is 0 Å². The van der Waals surface area contributed by atoms with E-state index in [0.29, 0.717) is 34.9 Å². The van der Waals surface area contributed by atoms with Crippen molar-refractivity contribution in [1.82, 2.24) is 4.90 Å². The van der Waals surface area contributed by atoms with Crippen molar-refractivity contribution in [2.45, 2.75) is 62.7 Å². The lowest BCUT2D eigenvalue weighted by Gasteiger charge is -2.37. The minimum absolute atomic E-state index is 0.000922. The molecular formula is C32H35ClN2O5Si. The number of ether oxygens (including phenoxy) is 1. The van der Waals surface area contributed by atoms with Crippen LogP contribution in [0.4, 0.5) is 11.4 Å². The molecule has 3 aliphatic rings. The number of carbonyl (C=O) groups excluding carboxylic acids is 2. The summed E-state index contributed by atoms with van der Waals surface area (Å²) < 4.78 is 6.82. The molecule has 0 radical (unpaired) electrons. The van der Waals surface area contributed by atoms with E-state index in [1.807, 2.05) is 80.7 Å². The van der Waals surface area contributed by atoms with Gasteiger partial charge in [-0.05, 0) is 61.0 Å². The zero-order valence-electron chi connectivity index (χ0n) is 23.5. The van der Waals surface area contributed by atoms with Crippen LogP contribution in [-0.4, -0.2) is 53.7 Å². The van der Waals surface area contributed by atoms with Crippen molar-refractivity contribution in [2.24, 2.45) is 5.92 Å². The number of hydrogen-bond acceptors (Lipinski definition) is 5. The quantitative estimate of drug-likeness (QED) is 0.401. The Morgan fingerprint density at radius 3 is 2.44 bits per heavy atom. The van der Waals surface area contributed by atoms with Gasteiger partial charge in [0.1, 0.15) is 0 Å². The Kier molecular flexibility index (Phi) is 7.11. The van der Waals surface area contributed by atoms with Gasteiger partial charge in [0, 0.05) is 34.3 Å². The molecule has 0 saturated carbocycles. The van der Waals surface area contributed by atoms with Gasteiger partial charge < -0.3 is 19.5 Å². The van der Waals surface area contributed by atoms with Gasteiger partial charge in [-0.25, -0.2) is 0 Å². The molecule has 0 bridgehead atoms. The van der Waals surface area contributed by atoms with E-state index >= 15 is 0 Å². The molecule has 3 aromatic carbocycles. The highest BCUT2D eigenvalue weighted by Gasteiger charge is 2.66. The monoisotopic (exact) mass is 590 g/mol. The van der Waals surface area contributed by atoms with Crippen LogP contribution in [0.2, 0.25) is 23.7 Å². The number of rotatable bonds is 5. The first kappa shape index (κ1) is 28.1. The van der Waals surface area contributed by atoms with Crippen molar-refractivity contribution >= 4 is 43.1 Å². The molecule has 9 heteroatoms. The van der Waals surface area contributed by atoms with Crippen LogP contribution < -0.4 is 4.90 Å². The van der Waals surface area contributed by atoms with E-state index in [9.17, 15) is 19.5 Å². The van der Waals surface area contributed by atoms with Gasteiger partial charge in [-0.15, -0.1) is 0 Å². The normalized spacial score (nSPS) is 27.3. The molecule has 3 aromatic rings. The van der Waals surface area contributed by atoms with Gasteiger partial charge in [-0.2, -0.15) is 0 Å². The number of nitrogens with zero attached hydrogens (tertiary/aromatic N) is 2. The molecule has 41 heavy (non-hydrogen) atoms. The predicted octanol–water partition coefficient (Wildman–Crippen LogP) is 5.15. The van der Waals surface area contributed by atoms with E-state index in [4.69, 9.17) is 16.3 Å². The molecular weight excluding hydrogens is 556 g/mol. The lowest BCUT2D eigenvalue weighted by Crippen LogP contribution is -2.48. The summed E-state index contributed by atoms with van der Waals surface area (Å²) in [4.78, 5) is 43.4. The first-order valence-corrected chi connectivity index (χ1v) is 17.5. The van der Waals surface area contributed by atoms with Crippen LogP contribution in [0.1, 0.15) is 30.0 Å². The van der Waals surface area contributed by atoms with Gasteiger partial charge in [0.05, 0.1) is 30.9 Å². The average Bonchev–Trinajstić information content (AvgIpc) is 3.38. The maximum absolute atomic E-state index is 14.5. The second-order valence-electron chi connectivity index (χ2n) is 12.0. The van der Waals surface area contributed by atoms with Crippen LogP contribution in [0.25, 0.3) is 0 Å². The predicted molar refractivity (Wildman–Crippen MR) is 160 cm³/mol. The smallest absolute Gasteiger partial charge is 0.268 e. The molecule has 0 unspecified atom stereocenters. The van der Waals surface area contributed by atoms with E-state index < -0.39 is 31.5 Å². The number of anilines is 2. The molecule has 3 heterocycles. The zero-order valence-corrected chi connectivity index (χ0v) is 25.2. The molecule has 214 valence electrons. The minimum Gasteiger partial charge on any atom is -0.432 e. The molecule has 5 atom stereocenters. The first-order chi connectivity index (χ1) is 19.6. The summed E-state index contributed by atoms with van der Waals surface area (Å²) in [6, 6.07) is 22.4. The summed E-state index contributed by atoms with van der Waals surface area (Å²) in [5, 5.41) is 10.7. The standard InChI is InChI=1S/C32H35ClN2O5Si/c1-20-30(41(2,3)39)28(17-29(37)34-18-22-10-8-7-9-21(22)15-25(34)19-36)40-32(20)26-16-23(33)13-14-27(26)35(31(32)38)24-11-5-4-6-12-24/h4-14,16,20,25,28,30,36,39H,15,17-19H2,1-3H3/t20-,25-,28+,30-,32+/m0/s1. The molecule has 2 amide bonds. The lowest BCUT2D eigenvalue weighted by atomic mass is 9.82. The van der Waals surface area contributed by atoms with Gasteiger partial charge in [0.2, 0.25) is 5.91 Å². The topological polar surface area (TPSA) is 90.3 Å². The Labute approximate surface area is 246 Å². The fourth-order valence-electron chi connectivity index (χ4n) is 7.34. The summed E-state index contributed by atoms with van der Waals surface area (Å²) >= 11 is 6.49. The van der Waals surface area contributed by atoms with Crippen LogP contribution >= 0.6 is 11.6 Å². The Hall–Kier alpha value is -3.01. The van der Waals surface area contributed by atoms with Crippen LogP contribution in [-0.2, 0) is 32.9 Å². The van der Waals surface area contributed by atoms with Crippen molar-refractivity contribution in [3.05, 3.63) is 94.5 Å². The van der Waals surface area contributed by atoms with Crippen LogP contribution in [0, 0.1) is 5.92 Å². The highest BCUT2D eigenvalue weighted by molar-refractivity contribution is 6.71. The number of para-hydroxylation sites is 1. The Balaban J connectivity index is 1.38. The minimum atomic E-state index is -2.96. The van der Waals surface area contributed by atoms with E-state index in [0.717, 1.165) is 11.1 Å². The highest BCUT2D eigenvalue weighted by Crippen LogP contribution is 2.61. The molecule has 1 saturated heterocycles. The van der Waals surface area contributed by atoms with Crippen molar-refractivity contribution in [2.75, 3.05) is 11.5 Å². The van der Waals surface area contributed by atoms with Gasteiger partial charge in [0.15, 0.2) is 13.9 Å². The second kappa shape index (κ2) is 10.4. The molecule has 6 rings (SSSR count). The Morgan fingerprint density at radius 2 is 1.76 bits per heavy atom. The summed E-state index contributed by atoms with van der Waals surface area (Å²) in [6.07, 6.45) is -0.113. The number of fused-ring (bicyclic) bond motifs is 3. The maximum Gasteiger partial charge on any atom is 0.268 e. The molecule has 1 spiro atoms. The fourth-order valence-corrected chi connectivity index (χ4v) is 10.1. The fraction of sp³-hybridized carbons (Fsp3) is 0.375. The van der Waals surface area contributed by atoms with E-state index in [1.54, 1.807) is 21.9 Å². The van der Waals surface area contributed by atoms with E-state index in [1.165, 1.54) is 0 Å². The molecule has 7 nitrogen and oxygen atoms in total. The molecule has 0 aromatic heterocycles. The van der Waals surface area contributed by atoms with Crippen molar-refractivity contribution < 1.29 is 24.2 Å². The Bertz CT molecular complexity index is 1490. The number of amides is 2. The summed E-state index contributed by atoms with van der Waals surface area (Å²) in [5.41, 5.74) is 2.45. The van der Waals surface area contributed by atoms with Crippen molar-refractivity contribution in [3.63, 3.8) is 0 Å². The average molecular weight is 591 g/mol. The number of benzene rings is 3. The Morgan fingerprint density at radius 1 is 1.07 bits per heavy atom. The molecule has 0 aliphatic carbocycles. The van der Waals surface area contributed by atoms with Gasteiger partial charge >= 0.3 is 0 Å². The van der Waals surface area contributed by atoms with Gasteiger partial charge in [0.25, 0.3) is 5.91 Å². The van der Waals surface area contributed by atoms with Gasteiger partial charge in [-0.1, -0.05) is 61.0 Å².